The van der Waals surface area contributed by atoms with Crippen LogP contribution in [0.15, 0.2) is 72.3 Å². The van der Waals surface area contributed by atoms with Gasteiger partial charge in [0.1, 0.15) is 11.5 Å². The molecule has 1 heterocycles. The number of aliphatic hydroxyl groups excluding tert-OH is 1. The van der Waals surface area contributed by atoms with E-state index in [-0.39, 0.29) is 11.3 Å². The number of ketones is 1. The molecule has 0 saturated carbocycles. The molecule has 4 rings (SSSR count). The minimum absolute atomic E-state index is 0.0283. The Balaban J connectivity index is 1.96. The molecule has 1 aliphatic heterocycles. The van der Waals surface area contributed by atoms with E-state index in [4.69, 9.17) is 16.3 Å². The number of aliphatic hydroxyl groups is 1. The van der Waals surface area contributed by atoms with Crippen molar-refractivity contribution in [3.05, 3.63) is 99.6 Å². The Morgan fingerprint density at radius 1 is 1.03 bits per heavy atom. The van der Waals surface area contributed by atoms with Crippen LogP contribution >= 0.6 is 11.6 Å². The molecule has 3 aromatic rings. The van der Waals surface area contributed by atoms with Crippen molar-refractivity contribution in [2.75, 3.05) is 11.5 Å². The number of carbonyl (C=O) groups is 2. The molecular weight excluding hydrogens is 438 g/mol. The Bertz CT molecular complexity index is 1280. The van der Waals surface area contributed by atoms with E-state index in [0.29, 0.717) is 28.6 Å². The highest BCUT2D eigenvalue weighted by Crippen LogP contribution is 2.43. The molecule has 0 aromatic heterocycles. The van der Waals surface area contributed by atoms with E-state index in [1.54, 1.807) is 24.3 Å². The Hall–Kier alpha value is -3.57. The van der Waals surface area contributed by atoms with Crippen LogP contribution in [-0.2, 0) is 9.59 Å². The lowest BCUT2D eigenvalue weighted by molar-refractivity contribution is -0.132. The second kappa shape index (κ2) is 9.12. The lowest BCUT2D eigenvalue weighted by Crippen LogP contribution is -2.29. The number of anilines is 1. The number of aryl methyl sites for hydroxylation is 2. The molecule has 33 heavy (non-hydrogen) atoms. The number of hydrogen-bond donors (Lipinski definition) is 1. The summed E-state index contributed by atoms with van der Waals surface area (Å²) in [6.07, 6.45) is 0. The van der Waals surface area contributed by atoms with E-state index in [1.165, 1.54) is 4.90 Å². The average Bonchev–Trinajstić information content (AvgIpc) is 3.05. The van der Waals surface area contributed by atoms with Crippen molar-refractivity contribution in [1.82, 2.24) is 0 Å². The summed E-state index contributed by atoms with van der Waals surface area (Å²) in [5.41, 5.74) is 3.59. The summed E-state index contributed by atoms with van der Waals surface area (Å²) < 4.78 is 5.54. The number of ether oxygens (including phenoxy) is 1. The molecule has 168 valence electrons. The molecule has 1 atom stereocenters. The minimum atomic E-state index is -0.778. The van der Waals surface area contributed by atoms with Gasteiger partial charge in [-0.1, -0.05) is 48.0 Å². The monoisotopic (exact) mass is 461 g/mol. The molecule has 1 fully saturated rings. The average molecular weight is 462 g/mol. The molecule has 1 unspecified atom stereocenters. The van der Waals surface area contributed by atoms with E-state index in [1.807, 2.05) is 63.2 Å². The van der Waals surface area contributed by atoms with Crippen LogP contribution in [-0.4, -0.2) is 23.4 Å². The SMILES string of the molecule is CCOc1cc(/C(O)=C2\C(=O)C(=O)N(c3cccc(C)c3)C2c2ccccc2C)ccc1Cl. The van der Waals surface area contributed by atoms with E-state index in [2.05, 4.69) is 0 Å². The zero-order valence-corrected chi connectivity index (χ0v) is 19.4. The summed E-state index contributed by atoms with van der Waals surface area (Å²) in [5.74, 6) is -1.30. The summed E-state index contributed by atoms with van der Waals surface area (Å²) >= 11 is 6.20. The summed E-state index contributed by atoms with van der Waals surface area (Å²) in [7, 11) is 0. The van der Waals surface area contributed by atoms with Gasteiger partial charge in [0, 0.05) is 11.3 Å². The fraction of sp³-hybridized carbons (Fsp3) is 0.185. The molecule has 0 aliphatic carbocycles. The van der Waals surface area contributed by atoms with Gasteiger partial charge in [0.25, 0.3) is 11.7 Å². The maximum Gasteiger partial charge on any atom is 0.300 e. The molecule has 1 N–H and O–H groups in total. The van der Waals surface area contributed by atoms with Gasteiger partial charge in [-0.2, -0.15) is 0 Å². The fourth-order valence-electron chi connectivity index (χ4n) is 4.14. The van der Waals surface area contributed by atoms with Gasteiger partial charge in [0.05, 0.1) is 23.2 Å². The van der Waals surface area contributed by atoms with Gasteiger partial charge in [-0.05, 0) is 67.8 Å². The van der Waals surface area contributed by atoms with Gasteiger partial charge in [0.15, 0.2) is 0 Å². The van der Waals surface area contributed by atoms with Crippen LogP contribution in [0.5, 0.6) is 5.75 Å². The first kappa shape index (κ1) is 22.6. The van der Waals surface area contributed by atoms with Crippen LogP contribution in [0.3, 0.4) is 0 Å². The molecular formula is C27H24ClNO4. The molecule has 3 aromatic carbocycles. The summed E-state index contributed by atoms with van der Waals surface area (Å²) in [5, 5.41) is 11.7. The molecule has 5 nitrogen and oxygen atoms in total. The van der Waals surface area contributed by atoms with Gasteiger partial charge in [-0.3, -0.25) is 14.5 Å². The van der Waals surface area contributed by atoms with E-state index in [9.17, 15) is 14.7 Å². The standard InChI is InChI=1S/C27H24ClNO4/c1-4-33-22-15-18(12-13-21(22)28)25(30)23-24(20-11-6-5-9-17(20)3)29(27(32)26(23)31)19-10-7-8-16(2)14-19/h5-15,24,30H,4H2,1-3H3/b25-23+. The first-order chi connectivity index (χ1) is 15.8. The van der Waals surface area contributed by atoms with E-state index in [0.717, 1.165) is 16.7 Å². The summed E-state index contributed by atoms with van der Waals surface area (Å²) in [6.45, 7) is 6.06. The topological polar surface area (TPSA) is 66.8 Å². The summed E-state index contributed by atoms with van der Waals surface area (Å²) in [4.78, 5) is 28.0. The van der Waals surface area contributed by atoms with Gasteiger partial charge in [0.2, 0.25) is 0 Å². The third-order valence-electron chi connectivity index (χ3n) is 5.71. The number of benzene rings is 3. The zero-order valence-electron chi connectivity index (χ0n) is 18.6. The van der Waals surface area contributed by atoms with Gasteiger partial charge in [-0.25, -0.2) is 0 Å². The highest BCUT2D eigenvalue weighted by atomic mass is 35.5. The normalized spacial score (nSPS) is 17.5. The van der Waals surface area contributed by atoms with Crippen LogP contribution < -0.4 is 9.64 Å². The predicted molar refractivity (Wildman–Crippen MR) is 130 cm³/mol. The van der Waals surface area contributed by atoms with Crippen LogP contribution in [0, 0.1) is 13.8 Å². The van der Waals surface area contributed by atoms with Crippen LogP contribution in [0.2, 0.25) is 5.02 Å². The van der Waals surface area contributed by atoms with Crippen molar-refractivity contribution < 1.29 is 19.4 Å². The Morgan fingerprint density at radius 2 is 1.79 bits per heavy atom. The molecule has 1 amide bonds. The summed E-state index contributed by atoms with van der Waals surface area (Å²) in [6, 6.07) is 18.9. The van der Waals surface area contributed by atoms with E-state index < -0.39 is 17.7 Å². The van der Waals surface area contributed by atoms with Crippen molar-refractivity contribution in [1.29, 1.82) is 0 Å². The van der Waals surface area contributed by atoms with Crippen molar-refractivity contribution in [3.63, 3.8) is 0 Å². The van der Waals surface area contributed by atoms with Crippen LogP contribution in [0.4, 0.5) is 5.69 Å². The fourth-order valence-corrected chi connectivity index (χ4v) is 4.31. The predicted octanol–water partition coefficient (Wildman–Crippen LogP) is 5.98. The molecule has 1 saturated heterocycles. The first-order valence-electron chi connectivity index (χ1n) is 10.7. The van der Waals surface area contributed by atoms with Gasteiger partial charge in [-0.15, -0.1) is 0 Å². The number of hydrogen-bond acceptors (Lipinski definition) is 4. The molecule has 0 radical (unpaired) electrons. The Kier molecular flexibility index (Phi) is 6.25. The first-order valence-corrected chi connectivity index (χ1v) is 11.1. The van der Waals surface area contributed by atoms with Crippen molar-refractivity contribution in [2.24, 2.45) is 0 Å². The number of carbonyl (C=O) groups excluding carboxylic acids is 2. The number of rotatable bonds is 5. The van der Waals surface area contributed by atoms with Crippen LogP contribution in [0.25, 0.3) is 5.76 Å². The highest BCUT2D eigenvalue weighted by molar-refractivity contribution is 6.51. The highest BCUT2D eigenvalue weighted by Gasteiger charge is 2.47. The quantitative estimate of drug-likeness (QED) is 0.288. The van der Waals surface area contributed by atoms with E-state index >= 15 is 0 Å². The maximum atomic E-state index is 13.3. The largest absolute Gasteiger partial charge is 0.507 e. The van der Waals surface area contributed by atoms with Crippen molar-refractivity contribution in [3.8, 4) is 5.75 Å². The molecule has 0 bridgehead atoms. The zero-order chi connectivity index (χ0) is 23.7. The third-order valence-corrected chi connectivity index (χ3v) is 6.02. The molecule has 6 heteroatoms. The lowest BCUT2D eigenvalue weighted by atomic mass is 9.92. The third kappa shape index (κ3) is 4.12. The Labute approximate surface area is 197 Å². The van der Waals surface area contributed by atoms with Crippen molar-refractivity contribution in [2.45, 2.75) is 26.8 Å². The molecule has 1 aliphatic rings. The van der Waals surface area contributed by atoms with Gasteiger partial charge < -0.3 is 9.84 Å². The van der Waals surface area contributed by atoms with Gasteiger partial charge >= 0.3 is 0 Å². The number of halogens is 1. The number of amides is 1. The smallest absolute Gasteiger partial charge is 0.300 e. The minimum Gasteiger partial charge on any atom is -0.507 e. The lowest BCUT2D eigenvalue weighted by Gasteiger charge is -2.27. The second-order valence-electron chi connectivity index (χ2n) is 7.94. The number of nitrogens with zero attached hydrogens (tertiary/aromatic N) is 1. The number of Topliss-reactive ketones (excluding diaryl/α,β-unsaturated/α-hetero) is 1. The van der Waals surface area contributed by atoms with Crippen molar-refractivity contribution >= 4 is 34.7 Å². The second-order valence-corrected chi connectivity index (χ2v) is 8.35. The Morgan fingerprint density at radius 3 is 2.48 bits per heavy atom. The molecule has 0 spiro atoms. The maximum absolute atomic E-state index is 13.3. The van der Waals surface area contributed by atoms with Crippen LogP contribution in [0.1, 0.15) is 35.2 Å².